The van der Waals surface area contributed by atoms with Gasteiger partial charge in [-0.2, -0.15) is 13.2 Å². The van der Waals surface area contributed by atoms with Gasteiger partial charge in [0, 0.05) is 0 Å². The van der Waals surface area contributed by atoms with Crippen molar-refractivity contribution in [2.45, 2.75) is 26.4 Å². The summed E-state index contributed by atoms with van der Waals surface area (Å²) in [5.74, 6) is 0.527. The number of alkyl halides is 3. The average Bonchev–Trinajstić information content (AvgIpc) is 2.09. The molecular formula is C11H13F3O. The van der Waals surface area contributed by atoms with Crippen LogP contribution in [0.3, 0.4) is 0 Å². The van der Waals surface area contributed by atoms with Crippen molar-refractivity contribution in [3.63, 3.8) is 0 Å². The van der Waals surface area contributed by atoms with E-state index in [-0.39, 0.29) is 6.61 Å². The van der Waals surface area contributed by atoms with Crippen LogP contribution in [0.25, 0.3) is 0 Å². The van der Waals surface area contributed by atoms with E-state index < -0.39 is 12.6 Å². The molecule has 4 heteroatoms. The minimum Gasteiger partial charge on any atom is -0.493 e. The van der Waals surface area contributed by atoms with E-state index in [1.54, 1.807) is 6.07 Å². The van der Waals surface area contributed by atoms with Gasteiger partial charge in [0.25, 0.3) is 0 Å². The summed E-state index contributed by atoms with van der Waals surface area (Å²) in [4.78, 5) is 0. The van der Waals surface area contributed by atoms with Crippen LogP contribution < -0.4 is 4.74 Å². The van der Waals surface area contributed by atoms with Crippen molar-refractivity contribution in [1.82, 2.24) is 0 Å². The summed E-state index contributed by atoms with van der Waals surface area (Å²) in [6, 6.07) is 5.47. The van der Waals surface area contributed by atoms with Crippen LogP contribution in [0, 0.1) is 13.8 Å². The van der Waals surface area contributed by atoms with Crippen molar-refractivity contribution >= 4 is 0 Å². The third-order valence-electron chi connectivity index (χ3n) is 1.99. The fourth-order valence-corrected chi connectivity index (χ4v) is 1.14. The molecule has 1 aromatic carbocycles. The fraction of sp³-hybridized carbons (Fsp3) is 0.455. The summed E-state index contributed by atoms with van der Waals surface area (Å²) in [6.07, 6.45) is -5.07. The predicted octanol–water partition coefficient (Wildman–Crippen LogP) is 3.63. The topological polar surface area (TPSA) is 9.23 Å². The molecule has 0 radical (unpaired) electrons. The van der Waals surface area contributed by atoms with Crippen LogP contribution in [0.4, 0.5) is 13.2 Å². The Balaban J connectivity index is 2.54. The third-order valence-corrected chi connectivity index (χ3v) is 1.99. The Bertz CT molecular complexity index is 331. The molecule has 1 rings (SSSR count). The summed E-state index contributed by atoms with van der Waals surface area (Å²) >= 11 is 0. The highest BCUT2D eigenvalue weighted by Gasteiger charge is 2.26. The largest absolute Gasteiger partial charge is 0.493 e. The molecule has 0 amide bonds. The summed E-state index contributed by atoms with van der Waals surface area (Å²) < 4.78 is 40.6. The Hall–Kier alpha value is -1.19. The fourth-order valence-electron chi connectivity index (χ4n) is 1.14. The van der Waals surface area contributed by atoms with E-state index in [0.717, 1.165) is 11.1 Å². The highest BCUT2D eigenvalue weighted by atomic mass is 19.4. The average molecular weight is 218 g/mol. The zero-order valence-electron chi connectivity index (χ0n) is 8.69. The molecule has 1 nitrogen and oxygen atoms in total. The summed E-state index contributed by atoms with van der Waals surface area (Å²) in [5, 5.41) is 0. The van der Waals surface area contributed by atoms with Crippen molar-refractivity contribution in [2.24, 2.45) is 0 Å². The van der Waals surface area contributed by atoms with Gasteiger partial charge in [-0.25, -0.2) is 0 Å². The Morgan fingerprint density at radius 3 is 2.47 bits per heavy atom. The second kappa shape index (κ2) is 4.55. The number of hydrogen-bond donors (Lipinski definition) is 0. The smallest absolute Gasteiger partial charge is 0.392 e. The number of benzene rings is 1. The normalized spacial score (nSPS) is 11.5. The van der Waals surface area contributed by atoms with Crippen LogP contribution in [0.5, 0.6) is 5.75 Å². The minimum atomic E-state index is -4.16. The predicted molar refractivity (Wildman–Crippen MR) is 52.1 cm³/mol. The van der Waals surface area contributed by atoms with Gasteiger partial charge >= 0.3 is 6.18 Å². The van der Waals surface area contributed by atoms with Crippen molar-refractivity contribution in [3.05, 3.63) is 29.3 Å². The Labute approximate surface area is 86.9 Å². The van der Waals surface area contributed by atoms with Gasteiger partial charge in [-0.15, -0.1) is 0 Å². The Morgan fingerprint density at radius 2 is 1.87 bits per heavy atom. The van der Waals surface area contributed by atoms with Crippen molar-refractivity contribution in [3.8, 4) is 5.75 Å². The molecule has 15 heavy (non-hydrogen) atoms. The highest BCUT2D eigenvalue weighted by molar-refractivity contribution is 5.35. The second-order valence-corrected chi connectivity index (χ2v) is 3.48. The van der Waals surface area contributed by atoms with E-state index in [2.05, 4.69) is 0 Å². The molecule has 0 aliphatic rings. The molecule has 0 bridgehead atoms. The van der Waals surface area contributed by atoms with Crippen LogP contribution in [0.2, 0.25) is 0 Å². The van der Waals surface area contributed by atoms with E-state index in [0.29, 0.717) is 5.75 Å². The molecule has 0 aromatic heterocycles. The van der Waals surface area contributed by atoms with Gasteiger partial charge < -0.3 is 4.74 Å². The standard InChI is InChI=1S/C11H13F3O/c1-8-3-4-9(2)10(7-8)15-6-5-11(12,13)14/h3-4,7H,5-6H2,1-2H3. The highest BCUT2D eigenvalue weighted by Crippen LogP contribution is 2.22. The second-order valence-electron chi connectivity index (χ2n) is 3.48. The van der Waals surface area contributed by atoms with Crippen LogP contribution in [0.15, 0.2) is 18.2 Å². The maximum atomic E-state index is 11.9. The molecule has 84 valence electrons. The zero-order valence-corrected chi connectivity index (χ0v) is 8.69. The molecule has 0 N–H and O–H groups in total. The molecule has 0 spiro atoms. The molecule has 0 unspecified atom stereocenters. The Morgan fingerprint density at radius 1 is 1.20 bits per heavy atom. The summed E-state index contributed by atoms with van der Waals surface area (Å²) in [5.41, 5.74) is 1.82. The number of ether oxygens (including phenoxy) is 1. The van der Waals surface area contributed by atoms with Crippen LogP contribution in [0.1, 0.15) is 17.5 Å². The van der Waals surface area contributed by atoms with Crippen LogP contribution >= 0.6 is 0 Å². The van der Waals surface area contributed by atoms with E-state index >= 15 is 0 Å². The molecule has 0 aliphatic carbocycles. The number of halogens is 3. The lowest BCUT2D eigenvalue weighted by Gasteiger charge is -2.11. The monoisotopic (exact) mass is 218 g/mol. The lowest BCUT2D eigenvalue weighted by molar-refractivity contribution is -0.139. The molecule has 0 saturated heterocycles. The first-order chi connectivity index (χ1) is 6.88. The molecule has 0 fully saturated rings. The van der Waals surface area contributed by atoms with Crippen molar-refractivity contribution < 1.29 is 17.9 Å². The quantitative estimate of drug-likeness (QED) is 0.752. The SMILES string of the molecule is Cc1ccc(C)c(OCCC(F)(F)F)c1. The third kappa shape index (κ3) is 4.23. The number of rotatable bonds is 3. The molecule has 0 atom stereocenters. The van der Waals surface area contributed by atoms with Crippen molar-refractivity contribution in [1.29, 1.82) is 0 Å². The molecule has 1 aromatic rings. The number of hydrogen-bond acceptors (Lipinski definition) is 1. The molecule has 0 heterocycles. The van der Waals surface area contributed by atoms with Gasteiger partial charge in [-0.05, 0) is 31.0 Å². The van der Waals surface area contributed by atoms with Gasteiger partial charge in [-0.1, -0.05) is 12.1 Å². The van der Waals surface area contributed by atoms with E-state index in [4.69, 9.17) is 4.74 Å². The molecular weight excluding hydrogens is 205 g/mol. The zero-order chi connectivity index (χ0) is 11.5. The van der Waals surface area contributed by atoms with E-state index in [1.165, 1.54) is 0 Å². The van der Waals surface area contributed by atoms with Crippen LogP contribution in [-0.2, 0) is 0 Å². The van der Waals surface area contributed by atoms with Gasteiger partial charge in [0.15, 0.2) is 0 Å². The Kier molecular flexibility index (Phi) is 3.61. The lowest BCUT2D eigenvalue weighted by Crippen LogP contribution is -2.13. The van der Waals surface area contributed by atoms with Gasteiger partial charge in [-0.3, -0.25) is 0 Å². The van der Waals surface area contributed by atoms with Crippen molar-refractivity contribution in [2.75, 3.05) is 6.61 Å². The first kappa shape index (κ1) is 11.9. The van der Waals surface area contributed by atoms with Crippen LogP contribution in [-0.4, -0.2) is 12.8 Å². The van der Waals surface area contributed by atoms with E-state index in [1.807, 2.05) is 26.0 Å². The number of aryl methyl sites for hydroxylation is 2. The maximum Gasteiger partial charge on any atom is 0.392 e. The first-order valence-electron chi connectivity index (χ1n) is 4.65. The summed E-state index contributed by atoms with van der Waals surface area (Å²) in [6.45, 7) is 3.35. The molecule has 0 aliphatic heterocycles. The molecule has 0 saturated carbocycles. The lowest BCUT2D eigenvalue weighted by atomic mass is 10.1. The minimum absolute atomic E-state index is 0.326. The van der Waals surface area contributed by atoms with E-state index in [9.17, 15) is 13.2 Å². The first-order valence-corrected chi connectivity index (χ1v) is 4.65. The summed E-state index contributed by atoms with van der Waals surface area (Å²) in [7, 11) is 0. The maximum absolute atomic E-state index is 11.9. The van der Waals surface area contributed by atoms with Gasteiger partial charge in [0.05, 0.1) is 13.0 Å². The van der Waals surface area contributed by atoms with Gasteiger partial charge in [0.1, 0.15) is 5.75 Å². The van der Waals surface area contributed by atoms with Gasteiger partial charge in [0.2, 0.25) is 0 Å².